The van der Waals surface area contributed by atoms with E-state index in [1.807, 2.05) is 13.8 Å². The molecule has 72 valence electrons. The largest absolute Gasteiger partial charge is 0.448 e. The fourth-order valence-electron chi connectivity index (χ4n) is 0.763. The fraction of sp³-hybridized carbons (Fsp3) is 0.875. The van der Waals surface area contributed by atoms with Gasteiger partial charge in [-0.15, -0.1) is 0 Å². The average Bonchev–Trinajstić information content (AvgIpc) is 2.04. The minimum atomic E-state index is -0.402. The molecule has 0 aliphatic rings. The van der Waals surface area contributed by atoms with E-state index in [1.165, 1.54) is 5.06 Å². The van der Waals surface area contributed by atoms with E-state index in [1.54, 1.807) is 6.92 Å². The number of amides is 1. The second kappa shape index (κ2) is 6.91. The smallest absolute Gasteiger partial charge is 0.433 e. The summed E-state index contributed by atoms with van der Waals surface area (Å²) in [4.78, 5) is 16.2. The molecule has 0 bridgehead atoms. The normalized spacial score (nSPS) is 9.58. The first-order valence-electron chi connectivity index (χ1n) is 4.33. The number of nitrogens with zero attached hydrogens (tertiary/aromatic N) is 1. The highest BCUT2D eigenvalue weighted by atomic mass is 16.7. The summed E-state index contributed by atoms with van der Waals surface area (Å²) >= 11 is 0. The summed E-state index contributed by atoms with van der Waals surface area (Å²) in [5, 5.41) is 1.25. The van der Waals surface area contributed by atoms with Crippen molar-refractivity contribution >= 4 is 6.09 Å². The number of hydroxylamine groups is 2. The number of carbonyl (C=O) groups is 1. The summed E-state index contributed by atoms with van der Waals surface area (Å²) in [6.07, 6.45) is 0.458. The van der Waals surface area contributed by atoms with Crippen LogP contribution in [0.2, 0.25) is 0 Å². The Morgan fingerprint density at radius 2 is 1.92 bits per heavy atom. The van der Waals surface area contributed by atoms with Gasteiger partial charge in [0.15, 0.2) is 0 Å². The molecular formula is C8H17NO3. The van der Waals surface area contributed by atoms with Crippen LogP contribution in [-0.4, -0.2) is 30.9 Å². The van der Waals surface area contributed by atoms with Crippen LogP contribution in [0.15, 0.2) is 0 Å². The third kappa shape index (κ3) is 4.18. The van der Waals surface area contributed by atoms with Gasteiger partial charge in [0, 0.05) is 0 Å². The fourth-order valence-corrected chi connectivity index (χ4v) is 0.763. The monoisotopic (exact) mass is 175 g/mol. The first-order valence-corrected chi connectivity index (χ1v) is 4.33. The maximum absolute atomic E-state index is 11.1. The Bertz CT molecular complexity index is 121. The molecule has 4 nitrogen and oxygen atoms in total. The lowest BCUT2D eigenvalue weighted by Crippen LogP contribution is -2.32. The minimum Gasteiger partial charge on any atom is -0.448 e. The highest BCUT2D eigenvalue weighted by Crippen LogP contribution is 1.97. The van der Waals surface area contributed by atoms with Crippen molar-refractivity contribution in [2.24, 2.45) is 0 Å². The third-order valence-corrected chi connectivity index (χ3v) is 1.18. The Balaban J connectivity index is 3.81. The molecule has 0 aliphatic heterocycles. The molecule has 4 heteroatoms. The SMILES string of the molecule is CCCN(OCC)C(=O)OCC. The van der Waals surface area contributed by atoms with Gasteiger partial charge in [-0.3, -0.25) is 4.84 Å². The number of ether oxygens (including phenoxy) is 1. The molecule has 0 atom stereocenters. The van der Waals surface area contributed by atoms with Gasteiger partial charge in [-0.05, 0) is 20.3 Å². The lowest BCUT2D eigenvalue weighted by molar-refractivity contribution is -0.131. The quantitative estimate of drug-likeness (QED) is 0.598. The Morgan fingerprint density at radius 3 is 2.33 bits per heavy atom. The summed E-state index contributed by atoms with van der Waals surface area (Å²) in [7, 11) is 0. The van der Waals surface area contributed by atoms with Crippen LogP contribution in [0.1, 0.15) is 27.2 Å². The molecule has 0 fully saturated rings. The van der Waals surface area contributed by atoms with Gasteiger partial charge in [0.2, 0.25) is 0 Å². The van der Waals surface area contributed by atoms with Crippen molar-refractivity contribution in [2.45, 2.75) is 27.2 Å². The lowest BCUT2D eigenvalue weighted by Gasteiger charge is -2.19. The molecule has 0 aromatic rings. The molecule has 0 aromatic carbocycles. The Morgan fingerprint density at radius 1 is 1.25 bits per heavy atom. The molecular weight excluding hydrogens is 158 g/mol. The maximum Gasteiger partial charge on any atom is 0.433 e. The zero-order chi connectivity index (χ0) is 9.40. The van der Waals surface area contributed by atoms with Gasteiger partial charge < -0.3 is 4.74 Å². The van der Waals surface area contributed by atoms with Crippen LogP contribution in [0.4, 0.5) is 4.79 Å². The molecule has 0 saturated carbocycles. The second-order valence-electron chi connectivity index (χ2n) is 2.22. The van der Waals surface area contributed by atoms with Crippen molar-refractivity contribution < 1.29 is 14.4 Å². The van der Waals surface area contributed by atoms with Crippen molar-refractivity contribution in [2.75, 3.05) is 19.8 Å². The molecule has 0 rings (SSSR count). The maximum atomic E-state index is 11.1. The van der Waals surface area contributed by atoms with Crippen LogP contribution in [-0.2, 0) is 9.57 Å². The third-order valence-electron chi connectivity index (χ3n) is 1.18. The highest BCUT2D eigenvalue weighted by molar-refractivity contribution is 5.66. The van der Waals surface area contributed by atoms with Gasteiger partial charge >= 0.3 is 6.09 Å². The molecule has 0 unspecified atom stereocenters. The van der Waals surface area contributed by atoms with Crippen LogP contribution >= 0.6 is 0 Å². The summed E-state index contributed by atoms with van der Waals surface area (Å²) in [6, 6.07) is 0. The Labute approximate surface area is 73.4 Å². The Kier molecular flexibility index (Phi) is 6.47. The van der Waals surface area contributed by atoms with Crippen molar-refractivity contribution in [1.29, 1.82) is 0 Å². The highest BCUT2D eigenvalue weighted by Gasteiger charge is 2.12. The molecule has 1 amide bonds. The van der Waals surface area contributed by atoms with E-state index in [4.69, 9.17) is 9.57 Å². The average molecular weight is 175 g/mol. The molecule has 0 radical (unpaired) electrons. The zero-order valence-electron chi connectivity index (χ0n) is 8.00. The van der Waals surface area contributed by atoms with Crippen LogP contribution in [0.3, 0.4) is 0 Å². The first-order chi connectivity index (χ1) is 5.76. The predicted molar refractivity (Wildman–Crippen MR) is 45.6 cm³/mol. The van der Waals surface area contributed by atoms with Crippen LogP contribution in [0, 0.1) is 0 Å². The van der Waals surface area contributed by atoms with E-state index in [2.05, 4.69) is 0 Å². The molecule has 0 aliphatic carbocycles. The van der Waals surface area contributed by atoms with Crippen LogP contribution < -0.4 is 0 Å². The molecule has 0 spiro atoms. The van der Waals surface area contributed by atoms with Gasteiger partial charge in [-0.25, -0.2) is 4.79 Å². The van der Waals surface area contributed by atoms with E-state index >= 15 is 0 Å². The van der Waals surface area contributed by atoms with Gasteiger partial charge in [-0.2, -0.15) is 5.06 Å². The van der Waals surface area contributed by atoms with Gasteiger partial charge in [0.25, 0.3) is 0 Å². The zero-order valence-corrected chi connectivity index (χ0v) is 8.00. The van der Waals surface area contributed by atoms with E-state index in [0.29, 0.717) is 19.8 Å². The van der Waals surface area contributed by atoms with Crippen molar-refractivity contribution in [3.63, 3.8) is 0 Å². The minimum absolute atomic E-state index is 0.381. The van der Waals surface area contributed by atoms with Crippen LogP contribution in [0.25, 0.3) is 0 Å². The van der Waals surface area contributed by atoms with Crippen molar-refractivity contribution in [3.05, 3.63) is 0 Å². The van der Waals surface area contributed by atoms with E-state index in [9.17, 15) is 4.79 Å². The second-order valence-corrected chi connectivity index (χ2v) is 2.22. The van der Waals surface area contributed by atoms with E-state index in [0.717, 1.165) is 6.42 Å². The van der Waals surface area contributed by atoms with E-state index < -0.39 is 6.09 Å². The van der Waals surface area contributed by atoms with Gasteiger partial charge in [0.05, 0.1) is 19.8 Å². The molecule has 0 heterocycles. The summed E-state index contributed by atoms with van der Waals surface area (Å²) < 4.78 is 4.77. The summed E-state index contributed by atoms with van der Waals surface area (Å²) in [6.45, 7) is 7.03. The lowest BCUT2D eigenvalue weighted by atomic mass is 10.5. The molecule has 0 N–H and O–H groups in total. The number of hydrogen-bond donors (Lipinski definition) is 0. The standard InChI is InChI=1S/C8H17NO3/c1-4-7-9(12-6-3)8(10)11-5-2/h4-7H2,1-3H3. The summed E-state index contributed by atoms with van der Waals surface area (Å²) in [5.74, 6) is 0. The number of hydrogen-bond acceptors (Lipinski definition) is 3. The number of carbonyl (C=O) groups excluding carboxylic acids is 1. The predicted octanol–water partition coefficient (Wildman–Crippen LogP) is 1.81. The molecule has 0 saturated heterocycles. The van der Waals surface area contributed by atoms with E-state index in [-0.39, 0.29) is 0 Å². The summed E-state index contributed by atoms with van der Waals surface area (Å²) in [5.41, 5.74) is 0. The topological polar surface area (TPSA) is 38.8 Å². The molecule has 12 heavy (non-hydrogen) atoms. The van der Waals surface area contributed by atoms with Crippen LogP contribution in [0.5, 0.6) is 0 Å². The van der Waals surface area contributed by atoms with Crippen molar-refractivity contribution in [1.82, 2.24) is 5.06 Å². The van der Waals surface area contributed by atoms with Crippen molar-refractivity contribution in [3.8, 4) is 0 Å². The molecule has 0 aromatic heterocycles. The first kappa shape index (κ1) is 11.2. The number of rotatable bonds is 5. The Hall–Kier alpha value is -0.770. The van der Waals surface area contributed by atoms with Gasteiger partial charge in [0.1, 0.15) is 0 Å². The van der Waals surface area contributed by atoms with Gasteiger partial charge in [-0.1, -0.05) is 6.92 Å².